The molecule has 6 aromatic rings. The number of nitrogens with one attached hydrogen (secondary N) is 2. The molecule has 0 aromatic heterocycles. The Hall–Kier alpha value is -4.78. The van der Waals surface area contributed by atoms with E-state index in [4.69, 9.17) is 5.73 Å². The van der Waals surface area contributed by atoms with Crippen molar-refractivity contribution in [3.63, 3.8) is 0 Å². The lowest BCUT2D eigenvalue weighted by atomic mass is 9.82. The van der Waals surface area contributed by atoms with E-state index in [-0.39, 0.29) is 10.9 Å². The van der Waals surface area contributed by atoms with Crippen molar-refractivity contribution < 1.29 is 0 Å². The first-order valence-corrected chi connectivity index (χ1v) is 17.9. The predicted molar refractivity (Wildman–Crippen MR) is 205 cm³/mol. The third-order valence-electron chi connectivity index (χ3n) is 8.79. The highest BCUT2D eigenvalue weighted by atomic mass is 32.2. The summed E-state index contributed by atoms with van der Waals surface area (Å²) in [6, 6.07) is 50.8. The Morgan fingerprint density at radius 3 is 1.85 bits per heavy atom. The lowest BCUT2D eigenvalue weighted by Gasteiger charge is -2.28. The van der Waals surface area contributed by atoms with Crippen LogP contribution >= 0.6 is 23.5 Å². The molecular formula is C41H38N4S2. The minimum absolute atomic E-state index is 0.0393. The van der Waals surface area contributed by atoms with Gasteiger partial charge in [-0.1, -0.05) is 98.4 Å². The van der Waals surface area contributed by atoms with E-state index in [1.165, 1.54) is 43.4 Å². The van der Waals surface area contributed by atoms with Crippen molar-refractivity contribution >= 4 is 57.6 Å². The topological polar surface area (TPSA) is 53.3 Å². The second-order valence-electron chi connectivity index (χ2n) is 12.2. The quantitative estimate of drug-likeness (QED) is 0.123. The highest BCUT2D eigenvalue weighted by molar-refractivity contribution is 8.00. The van der Waals surface area contributed by atoms with Crippen molar-refractivity contribution in [2.24, 2.45) is 0 Å². The Morgan fingerprint density at radius 2 is 1.23 bits per heavy atom. The Labute approximate surface area is 286 Å². The number of para-hydroxylation sites is 2. The van der Waals surface area contributed by atoms with Crippen molar-refractivity contribution in [1.82, 2.24) is 0 Å². The largest absolute Gasteiger partial charge is 0.397 e. The molecule has 1 aliphatic heterocycles. The smallest absolute Gasteiger partial charge is 0.157 e. The van der Waals surface area contributed by atoms with Crippen molar-refractivity contribution in [2.75, 3.05) is 27.5 Å². The summed E-state index contributed by atoms with van der Waals surface area (Å²) in [5.41, 5.74) is 17.8. The maximum Gasteiger partial charge on any atom is 0.157 e. The van der Waals surface area contributed by atoms with Gasteiger partial charge in [-0.2, -0.15) is 0 Å². The third kappa shape index (κ3) is 6.19. The fourth-order valence-electron chi connectivity index (χ4n) is 6.38. The number of hydrogen-bond acceptors (Lipinski definition) is 6. The molecule has 6 heteroatoms. The van der Waals surface area contributed by atoms with Crippen LogP contribution in [0.25, 0.3) is 11.1 Å². The van der Waals surface area contributed by atoms with Crippen LogP contribution in [0.1, 0.15) is 25.0 Å². The fourth-order valence-corrected chi connectivity index (χ4v) is 7.91. The molecule has 1 unspecified atom stereocenters. The molecule has 0 amide bonds. The molecule has 0 radical (unpaired) electrons. The van der Waals surface area contributed by atoms with Gasteiger partial charge in [0.15, 0.2) is 5.50 Å². The molecule has 47 heavy (non-hydrogen) atoms. The number of fused-ring (bicyclic) bond motifs is 4. The summed E-state index contributed by atoms with van der Waals surface area (Å²) in [5, 5.41) is 7.34. The Morgan fingerprint density at radius 1 is 0.681 bits per heavy atom. The van der Waals surface area contributed by atoms with Crippen LogP contribution in [0.2, 0.25) is 0 Å². The van der Waals surface area contributed by atoms with Gasteiger partial charge in [0.25, 0.3) is 0 Å². The monoisotopic (exact) mass is 650 g/mol. The van der Waals surface area contributed by atoms with Crippen molar-refractivity contribution in [1.29, 1.82) is 0 Å². The van der Waals surface area contributed by atoms with Gasteiger partial charge in [-0.25, -0.2) is 0 Å². The zero-order chi connectivity index (χ0) is 32.4. The zero-order valence-corrected chi connectivity index (χ0v) is 28.4. The number of anilines is 6. The van der Waals surface area contributed by atoms with Gasteiger partial charge in [0.2, 0.25) is 0 Å². The summed E-state index contributed by atoms with van der Waals surface area (Å²) < 4.78 is 0. The summed E-state index contributed by atoms with van der Waals surface area (Å²) in [7, 11) is 0. The van der Waals surface area contributed by atoms with Crippen LogP contribution < -0.4 is 21.3 Å². The van der Waals surface area contributed by atoms with E-state index < -0.39 is 0 Å². The molecule has 8 rings (SSSR count). The summed E-state index contributed by atoms with van der Waals surface area (Å²) in [6.45, 7) is 4.63. The second kappa shape index (κ2) is 13.1. The van der Waals surface area contributed by atoms with Crippen molar-refractivity contribution in [3.8, 4) is 11.1 Å². The minimum atomic E-state index is -0.173. The van der Waals surface area contributed by atoms with Gasteiger partial charge in [-0.05, 0) is 101 Å². The standard InChI is InChI=1S/C34H30N4S.C7H8S/c1-34(2)27-20-30(36-22-12-6-3-7-13-22)29(35)18-25(27)26-19-31-32(21-28(26)34)38(23-14-8-4-9-15-23)33(37-31)39-24-16-10-5-11-17-24;1-8-7-5-3-2-4-6-7/h3-21,33,36-37H,35H2,1-2H3;2-6H,1H3. The molecule has 1 atom stereocenters. The number of nitrogen functional groups attached to an aromatic ring is 1. The van der Waals surface area contributed by atoms with E-state index in [0.717, 1.165) is 22.7 Å². The SMILES string of the molecule is CC1(C)c2cc(Nc3ccccc3)c(N)cc2-c2cc3c(cc21)N(c1ccccc1)C(Sc1ccccc1)N3.CSc1ccccc1. The summed E-state index contributed by atoms with van der Waals surface area (Å²) in [6.07, 6.45) is 2.08. The van der Waals surface area contributed by atoms with Crippen LogP contribution in [0.3, 0.4) is 0 Å². The van der Waals surface area contributed by atoms with E-state index >= 15 is 0 Å². The van der Waals surface area contributed by atoms with E-state index in [1.54, 1.807) is 11.8 Å². The first kappa shape index (κ1) is 30.9. The van der Waals surface area contributed by atoms with E-state index in [2.05, 4.69) is 145 Å². The van der Waals surface area contributed by atoms with Gasteiger partial charge < -0.3 is 21.3 Å². The third-order valence-corrected chi connectivity index (χ3v) is 10.6. The van der Waals surface area contributed by atoms with E-state index in [1.807, 2.05) is 48.2 Å². The Kier molecular flexibility index (Phi) is 8.63. The predicted octanol–water partition coefficient (Wildman–Crippen LogP) is 11.4. The normalized spacial score (nSPS) is 15.0. The van der Waals surface area contributed by atoms with Crippen LogP contribution in [0.4, 0.5) is 34.1 Å². The molecule has 1 heterocycles. The van der Waals surface area contributed by atoms with Crippen LogP contribution in [-0.2, 0) is 5.41 Å². The summed E-state index contributed by atoms with van der Waals surface area (Å²) in [5.74, 6) is 0. The number of rotatable bonds is 6. The lowest BCUT2D eigenvalue weighted by molar-refractivity contribution is 0.661. The number of nitrogens with two attached hydrogens (primary N) is 1. The lowest BCUT2D eigenvalue weighted by Crippen LogP contribution is -2.28. The molecule has 0 fully saturated rings. The first-order valence-electron chi connectivity index (χ1n) is 15.8. The summed E-state index contributed by atoms with van der Waals surface area (Å²) >= 11 is 3.59. The van der Waals surface area contributed by atoms with Gasteiger partial charge in [0.1, 0.15) is 0 Å². The number of benzene rings is 6. The molecule has 1 aliphatic carbocycles. The molecule has 0 saturated heterocycles. The molecular weight excluding hydrogens is 613 g/mol. The van der Waals surface area contributed by atoms with Gasteiger partial charge in [0, 0.05) is 26.6 Å². The highest BCUT2D eigenvalue weighted by Crippen LogP contribution is 2.56. The van der Waals surface area contributed by atoms with Gasteiger partial charge in [-0.3, -0.25) is 0 Å². The van der Waals surface area contributed by atoms with Crippen LogP contribution in [-0.4, -0.2) is 11.8 Å². The molecule has 4 N–H and O–H groups in total. The van der Waals surface area contributed by atoms with Gasteiger partial charge in [0.05, 0.1) is 22.7 Å². The van der Waals surface area contributed by atoms with Crippen LogP contribution in [0.15, 0.2) is 155 Å². The molecule has 2 aliphatic rings. The second-order valence-corrected chi connectivity index (χ2v) is 14.2. The minimum Gasteiger partial charge on any atom is -0.397 e. The van der Waals surface area contributed by atoms with Gasteiger partial charge >= 0.3 is 0 Å². The molecule has 234 valence electrons. The number of hydrogen-bond donors (Lipinski definition) is 3. The van der Waals surface area contributed by atoms with E-state index in [9.17, 15) is 0 Å². The summed E-state index contributed by atoms with van der Waals surface area (Å²) in [4.78, 5) is 4.98. The van der Waals surface area contributed by atoms with Gasteiger partial charge in [-0.15, -0.1) is 11.8 Å². The number of thioether (sulfide) groups is 2. The highest BCUT2D eigenvalue weighted by Gasteiger charge is 2.40. The average Bonchev–Trinajstić information content (AvgIpc) is 3.56. The zero-order valence-electron chi connectivity index (χ0n) is 26.8. The first-order chi connectivity index (χ1) is 22.9. The molecule has 0 saturated carbocycles. The van der Waals surface area contributed by atoms with Crippen LogP contribution in [0.5, 0.6) is 0 Å². The van der Waals surface area contributed by atoms with Crippen molar-refractivity contribution in [2.45, 2.75) is 34.6 Å². The molecule has 6 aromatic carbocycles. The number of nitrogens with zero attached hydrogens (tertiary/aromatic N) is 1. The molecule has 0 bridgehead atoms. The maximum absolute atomic E-state index is 6.62. The molecule has 0 spiro atoms. The average molecular weight is 651 g/mol. The van der Waals surface area contributed by atoms with Crippen molar-refractivity contribution in [3.05, 3.63) is 157 Å². The fraction of sp³-hybridized carbons (Fsp3) is 0.122. The Bertz CT molecular complexity index is 1980. The molecule has 4 nitrogen and oxygen atoms in total. The van der Waals surface area contributed by atoms with E-state index in [0.29, 0.717) is 0 Å². The Balaban J connectivity index is 0.000000386. The van der Waals surface area contributed by atoms with Crippen LogP contribution in [0, 0.1) is 0 Å². The maximum atomic E-state index is 6.62.